The highest BCUT2D eigenvalue weighted by Crippen LogP contribution is 2.22. The molecule has 2 nitrogen and oxygen atoms in total. The number of unbranched alkanes of at least 4 members (excludes halogenated alkanes) is 9. The zero-order valence-corrected chi connectivity index (χ0v) is 14.8. The van der Waals surface area contributed by atoms with Gasteiger partial charge in [-0.15, -0.1) is 0 Å². The van der Waals surface area contributed by atoms with Crippen molar-refractivity contribution in [2.45, 2.75) is 84.0 Å². The maximum Gasteiger partial charge on any atom is 0.119 e. The zero-order chi connectivity index (χ0) is 16.8. The van der Waals surface area contributed by atoms with Crippen molar-refractivity contribution >= 4 is 0 Å². The summed E-state index contributed by atoms with van der Waals surface area (Å²) in [6.45, 7) is 2.24. The van der Waals surface area contributed by atoms with Crippen molar-refractivity contribution in [2.24, 2.45) is 0 Å². The third-order valence-corrected chi connectivity index (χ3v) is 4.19. The van der Waals surface area contributed by atoms with Gasteiger partial charge in [-0.05, 0) is 49.8 Å². The summed E-state index contributed by atoms with van der Waals surface area (Å²) in [7, 11) is 0. The molecule has 0 unspecified atom stereocenters. The average Bonchev–Trinajstić information content (AvgIpc) is 2.51. The smallest absolute Gasteiger partial charge is 0.119 e. The highest BCUT2D eigenvalue weighted by molar-refractivity contribution is 5.36. The molecule has 0 aromatic heterocycles. The second-order valence-electron chi connectivity index (χ2n) is 6.48. The maximum absolute atomic E-state index is 9.43. The van der Waals surface area contributed by atoms with E-state index < -0.39 is 0 Å². The molecular formula is C21H34O2. The Hall–Kier alpha value is -1.44. The van der Waals surface area contributed by atoms with Gasteiger partial charge in [-0.3, -0.25) is 0 Å². The van der Waals surface area contributed by atoms with Gasteiger partial charge in [0.2, 0.25) is 0 Å². The summed E-state index contributed by atoms with van der Waals surface area (Å²) in [5.74, 6) is 0.312. The van der Waals surface area contributed by atoms with Gasteiger partial charge in [0, 0.05) is 6.07 Å². The second-order valence-corrected chi connectivity index (χ2v) is 6.48. The quantitative estimate of drug-likeness (QED) is 0.321. The fourth-order valence-corrected chi connectivity index (χ4v) is 2.83. The Morgan fingerprint density at radius 2 is 1.22 bits per heavy atom. The van der Waals surface area contributed by atoms with E-state index in [2.05, 4.69) is 19.1 Å². The zero-order valence-electron chi connectivity index (χ0n) is 14.8. The molecule has 0 saturated carbocycles. The highest BCUT2D eigenvalue weighted by atomic mass is 16.3. The molecule has 0 spiro atoms. The Morgan fingerprint density at radius 1 is 0.696 bits per heavy atom. The molecule has 1 aromatic rings. The predicted molar refractivity (Wildman–Crippen MR) is 99.1 cm³/mol. The van der Waals surface area contributed by atoms with Crippen molar-refractivity contribution < 1.29 is 10.2 Å². The molecule has 1 aromatic carbocycles. The molecule has 0 radical (unpaired) electrons. The minimum atomic E-state index is 0.156. The third-order valence-electron chi connectivity index (χ3n) is 4.19. The van der Waals surface area contributed by atoms with Crippen LogP contribution in [-0.2, 0) is 6.42 Å². The van der Waals surface area contributed by atoms with Crippen LogP contribution in [0.4, 0.5) is 0 Å². The molecule has 1 rings (SSSR count). The summed E-state index contributed by atoms with van der Waals surface area (Å²) in [4.78, 5) is 0. The lowest BCUT2D eigenvalue weighted by atomic mass is 10.0. The van der Waals surface area contributed by atoms with Crippen molar-refractivity contribution in [3.8, 4) is 11.5 Å². The van der Waals surface area contributed by atoms with E-state index in [1.807, 2.05) is 0 Å². The van der Waals surface area contributed by atoms with E-state index in [0.29, 0.717) is 0 Å². The molecule has 0 aliphatic carbocycles. The van der Waals surface area contributed by atoms with Crippen molar-refractivity contribution in [3.63, 3.8) is 0 Å². The van der Waals surface area contributed by atoms with Crippen LogP contribution >= 0.6 is 0 Å². The van der Waals surface area contributed by atoms with Gasteiger partial charge in [0.05, 0.1) is 0 Å². The number of aryl methyl sites for hydroxylation is 1. The Balaban J connectivity index is 1.91. The van der Waals surface area contributed by atoms with Crippen LogP contribution in [-0.4, -0.2) is 10.2 Å². The SMILES string of the molecule is CCCC/C=C\CCCCCCCCCc1cc(O)cc(O)c1. The monoisotopic (exact) mass is 318 g/mol. The van der Waals surface area contributed by atoms with E-state index in [1.54, 1.807) is 12.1 Å². The van der Waals surface area contributed by atoms with E-state index in [4.69, 9.17) is 0 Å². The molecule has 23 heavy (non-hydrogen) atoms. The van der Waals surface area contributed by atoms with Gasteiger partial charge in [-0.25, -0.2) is 0 Å². The largest absolute Gasteiger partial charge is 0.508 e. The van der Waals surface area contributed by atoms with Crippen LogP contribution in [0.25, 0.3) is 0 Å². The highest BCUT2D eigenvalue weighted by Gasteiger charge is 1.99. The van der Waals surface area contributed by atoms with E-state index in [0.717, 1.165) is 18.4 Å². The number of benzene rings is 1. The van der Waals surface area contributed by atoms with Gasteiger partial charge in [-0.2, -0.15) is 0 Å². The van der Waals surface area contributed by atoms with Gasteiger partial charge in [-0.1, -0.05) is 64.0 Å². The van der Waals surface area contributed by atoms with E-state index in [-0.39, 0.29) is 11.5 Å². The first kappa shape index (κ1) is 19.6. The van der Waals surface area contributed by atoms with Crippen LogP contribution in [0.5, 0.6) is 11.5 Å². The molecular weight excluding hydrogens is 284 g/mol. The standard InChI is InChI=1S/C21H34O2/c1-2-3-4-5-6-7-8-9-10-11-12-13-14-15-19-16-20(22)18-21(23)17-19/h5-6,16-18,22-23H,2-4,7-15H2,1H3/b6-5-. The molecule has 0 aliphatic heterocycles. The molecule has 0 saturated heterocycles. The molecule has 0 fully saturated rings. The number of hydrogen-bond acceptors (Lipinski definition) is 2. The van der Waals surface area contributed by atoms with Crippen LogP contribution < -0.4 is 0 Å². The molecule has 2 N–H and O–H groups in total. The van der Waals surface area contributed by atoms with Crippen LogP contribution in [0, 0.1) is 0 Å². The van der Waals surface area contributed by atoms with Gasteiger partial charge in [0.25, 0.3) is 0 Å². The Labute approximate surface area is 142 Å². The lowest BCUT2D eigenvalue weighted by molar-refractivity contribution is 0.449. The summed E-state index contributed by atoms with van der Waals surface area (Å²) in [6, 6.07) is 4.87. The number of aromatic hydroxyl groups is 2. The minimum Gasteiger partial charge on any atom is -0.508 e. The fraction of sp³-hybridized carbons (Fsp3) is 0.619. The summed E-state index contributed by atoms with van der Waals surface area (Å²) in [5.41, 5.74) is 1.03. The molecule has 2 heteroatoms. The first-order valence-electron chi connectivity index (χ1n) is 9.39. The molecule has 0 aliphatic rings. The van der Waals surface area contributed by atoms with Gasteiger partial charge >= 0.3 is 0 Å². The molecule has 130 valence electrons. The molecule has 0 bridgehead atoms. The lowest BCUT2D eigenvalue weighted by Gasteiger charge is -2.04. The summed E-state index contributed by atoms with van der Waals surface area (Å²) < 4.78 is 0. The lowest BCUT2D eigenvalue weighted by Crippen LogP contribution is -1.86. The van der Waals surface area contributed by atoms with E-state index in [9.17, 15) is 10.2 Å². The van der Waals surface area contributed by atoms with Crippen molar-refractivity contribution in [1.29, 1.82) is 0 Å². The molecule has 0 heterocycles. The topological polar surface area (TPSA) is 40.5 Å². The van der Waals surface area contributed by atoms with Crippen molar-refractivity contribution in [3.05, 3.63) is 35.9 Å². The van der Waals surface area contributed by atoms with E-state index in [1.165, 1.54) is 70.3 Å². The van der Waals surface area contributed by atoms with Crippen molar-refractivity contribution in [1.82, 2.24) is 0 Å². The van der Waals surface area contributed by atoms with Gasteiger partial charge in [0.1, 0.15) is 11.5 Å². The summed E-state index contributed by atoms with van der Waals surface area (Å²) >= 11 is 0. The minimum absolute atomic E-state index is 0.156. The number of phenols is 2. The number of allylic oxidation sites excluding steroid dienone is 2. The molecule has 0 amide bonds. The predicted octanol–water partition coefficient (Wildman–Crippen LogP) is 6.51. The first-order chi connectivity index (χ1) is 11.2. The Morgan fingerprint density at radius 3 is 1.83 bits per heavy atom. The van der Waals surface area contributed by atoms with Gasteiger partial charge in [0.15, 0.2) is 0 Å². The van der Waals surface area contributed by atoms with Crippen LogP contribution in [0.1, 0.15) is 83.1 Å². The number of hydrogen-bond donors (Lipinski definition) is 2. The Bertz CT molecular complexity index is 417. The first-order valence-corrected chi connectivity index (χ1v) is 9.39. The molecule has 0 atom stereocenters. The third kappa shape index (κ3) is 10.8. The number of rotatable bonds is 13. The number of phenolic OH excluding ortho intramolecular Hbond substituents is 2. The average molecular weight is 319 g/mol. The van der Waals surface area contributed by atoms with Gasteiger partial charge < -0.3 is 10.2 Å². The normalized spacial score (nSPS) is 11.3. The van der Waals surface area contributed by atoms with Crippen molar-refractivity contribution in [2.75, 3.05) is 0 Å². The van der Waals surface area contributed by atoms with E-state index >= 15 is 0 Å². The maximum atomic E-state index is 9.43. The van der Waals surface area contributed by atoms with Crippen LogP contribution in [0.2, 0.25) is 0 Å². The van der Waals surface area contributed by atoms with Crippen LogP contribution in [0.15, 0.2) is 30.4 Å². The summed E-state index contributed by atoms with van der Waals surface area (Å²) in [6.07, 6.45) is 19.7. The Kier molecular flexibility index (Phi) is 11.1. The second kappa shape index (κ2) is 13.0. The fourth-order valence-electron chi connectivity index (χ4n) is 2.83. The summed E-state index contributed by atoms with van der Waals surface area (Å²) in [5, 5.41) is 18.9. The van der Waals surface area contributed by atoms with Crippen LogP contribution in [0.3, 0.4) is 0 Å².